The Labute approximate surface area is 252 Å². The highest BCUT2D eigenvalue weighted by molar-refractivity contribution is 8.18. The number of fused-ring (bicyclic) bond motifs is 1. The van der Waals surface area contributed by atoms with E-state index in [0.29, 0.717) is 38.0 Å². The number of carbonyl (C=O) groups is 1. The Balaban J connectivity index is 1.60. The molecule has 5 rings (SSSR count). The molecule has 210 valence electrons. The molecule has 0 saturated heterocycles. The van der Waals surface area contributed by atoms with Crippen LogP contribution in [0.2, 0.25) is 10.0 Å². The normalized spacial score (nSPS) is 15.3. The van der Waals surface area contributed by atoms with Crippen LogP contribution in [0.5, 0.6) is 5.75 Å². The van der Waals surface area contributed by atoms with E-state index in [1.807, 2.05) is 30.5 Å². The number of benzene rings is 3. The van der Waals surface area contributed by atoms with E-state index in [4.69, 9.17) is 32.7 Å². The summed E-state index contributed by atoms with van der Waals surface area (Å²) in [6.07, 6.45) is 4.77. The number of hydrogen-bond donors (Lipinski definition) is 1. The molecule has 1 aliphatic rings. The van der Waals surface area contributed by atoms with Crippen LogP contribution in [0, 0.1) is 0 Å². The third-order valence-electron chi connectivity index (χ3n) is 6.71. The zero-order chi connectivity index (χ0) is 29.1. The highest BCUT2D eigenvalue weighted by Crippen LogP contribution is 2.41. The maximum absolute atomic E-state index is 12.9. The first-order valence-electron chi connectivity index (χ1n) is 13.1. The van der Waals surface area contributed by atoms with E-state index in [-0.39, 0.29) is 17.9 Å². The lowest BCUT2D eigenvalue weighted by molar-refractivity contribution is -0.138. The van der Waals surface area contributed by atoms with Crippen molar-refractivity contribution in [3.63, 3.8) is 0 Å². The lowest BCUT2D eigenvalue weighted by atomic mass is 10.1. The van der Waals surface area contributed by atoms with Crippen molar-refractivity contribution in [3.05, 3.63) is 110 Å². The van der Waals surface area contributed by atoms with Crippen LogP contribution < -0.4 is 4.74 Å². The molecule has 6 nitrogen and oxygen atoms in total. The fourth-order valence-corrected chi connectivity index (χ4v) is 6.23. The van der Waals surface area contributed by atoms with Crippen LogP contribution in [0.25, 0.3) is 17.0 Å². The van der Waals surface area contributed by atoms with Gasteiger partial charge in [-0.05, 0) is 66.9 Å². The average molecular weight is 608 g/mol. The van der Waals surface area contributed by atoms with Crippen LogP contribution in [0.4, 0.5) is 5.69 Å². The number of ether oxygens (including phenoxy) is 2. The predicted molar refractivity (Wildman–Crippen MR) is 169 cm³/mol. The minimum atomic E-state index is -0.624. The first kappa shape index (κ1) is 28.9. The van der Waals surface area contributed by atoms with Gasteiger partial charge in [-0.25, -0.2) is 9.79 Å². The van der Waals surface area contributed by atoms with Crippen LogP contribution in [0.1, 0.15) is 30.5 Å². The summed E-state index contributed by atoms with van der Waals surface area (Å²) in [5, 5.41) is 13.8. The number of aliphatic hydroxyl groups excluding tert-OH is 1. The molecule has 3 aromatic carbocycles. The average Bonchev–Trinajstić information content (AvgIpc) is 3.47. The molecule has 0 fully saturated rings. The molecule has 0 bridgehead atoms. The van der Waals surface area contributed by atoms with Gasteiger partial charge in [0.15, 0.2) is 0 Å². The Morgan fingerprint density at radius 2 is 1.85 bits per heavy atom. The second-order valence-electron chi connectivity index (χ2n) is 9.28. The first-order chi connectivity index (χ1) is 19.8. The number of aliphatic imine (C=N–C) groups is 1. The molecular formula is C32H28Cl2N2O4S. The fraction of sp³-hybridized carbons (Fsp3) is 0.188. The third kappa shape index (κ3) is 6.03. The van der Waals surface area contributed by atoms with E-state index in [1.165, 1.54) is 17.3 Å². The molecule has 0 unspecified atom stereocenters. The summed E-state index contributed by atoms with van der Waals surface area (Å²) in [5.74, 6) is -0.0874. The molecule has 41 heavy (non-hydrogen) atoms. The number of methoxy groups -OCH3 is 1. The van der Waals surface area contributed by atoms with Crippen molar-refractivity contribution in [2.24, 2.45) is 4.99 Å². The van der Waals surface area contributed by atoms with E-state index in [2.05, 4.69) is 28.6 Å². The molecule has 9 heteroatoms. The van der Waals surface area contributed by atoms with E-state index in [0.717, 1.165) is 28.5 Å². The Morgan fingerprint density at radius 3 is 2.54 bits per heavy atom. The Kier molecular flexibility index (Phi) is 8.78. The largest absolute Gasteiger partial charge is 0.506 e. The molecule has 0 saturated carbocycles. The number of hydrogen-bond acceptors (Lipinski definition) is 6. The Bertz CT molecular complexity index is 1720. The van der Waals surface area contributed by atoms with Crippen molar-refractivity contribution in [3.8, 4) is 5.75 Å². The van der Waals surface area contributed by atoms with Gasteiger partial charge in [0, 0.05) is 33.7 Å². The summed E-state index contributed by atoms with van der Waals surface area (Å²) < 4.78 is 12.7. The summed E-state index contributed by atoms with van der Waals surface area (Å²) >= 11 is 13.9. The molecule has 1 aromatic heterocycles. The summed E-state index contributed by atoms with van der Waals surface area (Å²) in [4.78, 5) is 18.1. The van der Waals surface area contributed by atoms with Gasteiger partial charge in [-0.3, -0.25) is 0 Å². The summed E-state index contributed by atoms with van der Waals surface area (Å²) in [6.45, 7) is 4.56. The number of aromatic nitrogens is 1. The van der Waals surface area contributed by atoms with Gasteiger partial charge in [-0.2, -0.15) is 0 Å². The molecule has 0 amide bonds. The highest BCUT2D eigenvalue weighted by Gasteiger charge is 2.33. The van der Waals surface area contributed by atoms with Gasteiger partial charge in [-0.1, -0.05) is 66.2 Å². The van der Waals surface area contributed by atoms with Gasteiger partial charge >= 0.3 is 5.97 Å². The quantitative estimate of drug-likeness (QED) is 0.203. The number of nitrogens with zero attached hydrogens (tertiary/aromatic N) is 2. The molecule has 0 aliphatic carbocycles. The maximum Gasteiger partial charge on any atom is 0.344 e. The fourth-order valence-electron chi connectivity index (χ4n) is 4.73. The molecule has 1 N–H and O–H groups in total. The molecule has 2 heterocycles. The first-order valence-corrected chi connectivity index (χ1v) is 14.7. The molecule has 0 atom stereocenters. The SMILES string of the molecule is CCOC(=O)C1=C(O)/C(=C/c2cn(Cc3ccc(Cl)cc3Cl)c3c(CC)cccc23)SC1=Nc1ccc(OC)cc1. The Hall–Kier alpha value is -3.65. The van der Waals surface area contributed by atoms with Crippen molar-refractivity contribution < 1.29 is 19.4 Å². The topological polar surface area (TPSA) is 73.0 Å². The lowest BCUT2D eigenvalue weighted by Gasteiger charge is -2.10. The number of rotatable bonds is 8. The van der Waals surface area contributed by atoms with Crippen molar-refractivity contribution in [2.75, 3.05) is 13.7 Å². The van der Waals surface area contributed by atoms with Crippen molar-refractivity contribution >= 4 is 68.6 Å². The van der Waals surface area contributed by atoms with E-state index >= 15 is 0 Å². The van der Waals surface area contributed by atoms with Crippen LogP contribution in [-0.2, 0) is 22.5 Å². The van der Waals surface area contributed by atoms with Gasteiger partial charge in [0.05, 0.1) is 29.8 Å². The number of halogens is 2. The van der Waals surface area contributed by atoms with Crippen LogP contribution in [0.15, 0.2) is 88.1 Å². The zero-order valence-electron chi connectivity index (χ0n) is 22.8. The number of aliphatic hydroxyl groups is 1. The van der Waals surface area contributed by atoms with Crippen molar-refractivity contribution in [1.29, 1.82) is 0 Å². The predicted octanol–water partition coefficient (Wildman–Crippen LogP) is 8.76. The van der Waals surface area contributed by atoms with Crippen molar-refractivity contribution in [1.82, 2.24) is 4.57 Å². The maximum atomic E-state index is 12.9. The van der Waals surface area contributed by atoms with E-state index in [9.17, 15) is 9.90 Å². The summed E-state index contributed by atoms with van der Waals surface area (Å²) in [5.41, 5.74) is 4.76. The molecule has 0 spiro atoms. The number of aryl methyl sites for hydroxylation is 1. The van der Waals surface area contributed by atoms with E-state index in [1.54, 1.807) is 44.4 Å². The molecule has 0 radical (unpaired) electrons. The Morgan fingerprint density at radius 1 is 1.07 bits per heavy atom. The summed E-state index contributed by atoms with van der Waals surface area (Å²) in [7, 11) is 1.59. The van der Waals surface area contributed by atoms with Gasteiger partial charge in [0.1, 0.15) is 22.1 Å². The number of esters is 1. The second-order valence-corrected chi connectivity index (χ2v) is 11.2. The minimum Gasteiger partial charge on any atom is -0.506 e. The lowest BCUT2D eigenvalue weighted by Crippen LogP contribution is -2.12. The van der Waals surface area contributed by atoms with Crippen LogP contribution >= 0.6 is 35.0 Å². The number of carbonyl (C=O) groups excluding carboxylic acids is 1. The standard InChI is InChI=1S/C32H28Cl2N2O4S/c1-4-19-7-6-8-25-21(18-36(29(19)25)17-20-9-10-22(33)16-26(20)34)15-27-30(37)28(32(38)40-5-2)31(41-27)35-23-11-13-24(39-3)14-12-23/h6-16,18,37H,4-5,17H2,1-3H3/b27-15-,35-31?. The van der Waals surface area contributed by atoms with Crippen molar-refractivity contribution in [2.45, 2.75) is 26.8 Å². The monoisotopic (exact) mass is 606 g/mol. The van der Waals surface area contributed by atoms with Crippen LogP contribution in [-0.4, -0.2) is 34.4 Å². The van der Waals surface area contributed by atoms with Gasteiger partial charge in [0.25, 0.3) is 0 Å². The summed E-state index contributed by atoms with van der Waals surface area (Å²) in [6, 6.07) is 18.8. The molecular weight excluding hydrogens is 579 g/mol. The van der Waals surface area contributed by atoms with Gasteiger partial charge < -0.3 is 19.1 Å². The minimum absolute atomic E-state index is 0.0462. The van der Waals surface area contributed by atoms with Gasteiger partial charge in [-0.15, -0.1) is 0 Å². The number of para-hydroxylation sites is 1. The smallest absolute Gasteiger partial charge is 0.344 e. The number of thioether (sulfide) groups is 1. The van der Waals surface area contributed by atoms with E-state index < -0.39 is 5.97 Å². The van der Waals surface area contributed by atoms with Gasteiger partial charge in [0.2, 0.25) is 0 Å². The second kappa shape index (κ2) is 12.5. The zero-order valence-corrected chi connectivity index (χ0v) is 25.1. The third-order valence-corrected chi connectivity index (χ3v) is 8.32. The molecule has 4 aromatic rings. The molecule has 1 aliphatic heterocycles. The highest BCUT2D eigenvalue weighted by atomic mass is 35.5. The van der Waals surface area contributed by atoms with Crippen LogP contribution in [0.3, 0.4) is 0 Å².